The summed E-state index contributed by atoms with van der Waals surface area (Å²) in [6.45, 7) is 0.566. The lowest BCUT2D eigenvalue weighted by atomic mass is 10.2. The Hall–Kier alpha value is -2.65. The molecule has 6 nitrogen and oxygen atoms in total. The van der Waals surface area contributed by atoms with Crippen LogP contribution in [0.2, 0.25) is 0 Å². The number of hydrogen-bond acceptors (Lipinski definition) is 6. The highest BCUT2D eigenvalue weighted by Crippen LogP contribution is 2.19. The van der Waals surface area contributed by atoms with Crippen molar-refractivity contribution in [2.45, 2.75) is 6.54 Å². The summed E-state index contributed by atoms with van der Waals surface area (Å²) in [7, 11) is 1.91. The number of rotatable bonds is 4. The van der Waals surface area contributed by atoms with Crippen LogP contribution in [0.4, 0.5) is 11.5 Å². The normalized spacial score (nSPS) is 9.74. The molecular weight excluding hydrogens is 240 g/mol. The predicted octanol–water partition coefficient (Wildman–Crippen LogP) is 1.27. The van der Waals surface area contributed by atoms with Gasteiger partial charge in [0.15, 0.2) is 5.82 Å². The van der Waals surface area contributed by atoms with E-state index in [-0.39, 0.29) is 0 Å². The second-order valence-electron chi connectivity index (χ2n) is 4.02. The molecule has 2 rings (SSSR count). The number of nitrogens with zero attached hydrogens (tertiary/aromatic N) is 4. The van der Waals surface area contributed by atoms with E-state index in [1.807, 2.05) is 30.1 Å². The lowest BCUT2D eigenvalue weighted by Gasteiger charge is -2.19. The molecule has 0 unspecified atom stereocenters. The second kappa shape index (κ2) is 5.80. The molecule has 0 bridgehead atoms. The number of nitrogen functional groups attached to an aromatic ring is 1. The molecule has 1 aromatic heterocycles. The largest absolute Gasteiger partial charge is 0.368 e. The third-order valence-electron chi connectivity index (χ3n) is 2.69. The van der Waals surface area contributed by atoms with Gasteiger partial charge in [0.05, 0.1) is 35.9 Å². The molecule has 0 spiro atoms. The molecule has 2 aromatic rings. The van der Waals surface area contributed by atoms with E-state index in [0.29, 0.717) is 17.9 Å². The Kier molecular flexibility index (Phi) is 3.90. The van der Waals surface area contributed by atoms with Crippen LogP contribution in [0.15, 0.2) is 36.7 Å². The van der Waals surface area contributed by atoms with Gasteiger partial charge in [-0.05, 0) is 12.1 Å². The van der Waals surface area contributed by atoms with Crippen LogP contribution < -0.4 is 16.2 Å². The van der Waals surface area contributed by atoms with Crippen LogP contribution in [-0.4, -0.2) is 17.0 Å². The zero-order valence-electron chi connectivity index (χ0n) is 10.5. The van der Waals surface area contributed by atoms with E-state index in [2.05, 4.69) is 21.5 Å². The highest BCUT2D eigenvalue weighted by molar-refractivity contribution is 5.58. The van der Waals surface area contributed by atoms with E-state index < -0.39 is 0 Å². The number of anilines is 2. The number of nitrogens with one attached hydrogen (secondary N) is 1. The predicted molar refractivity (Wildman–Crippen MR) is 73.1 cm³/mol. The van der Waals surface area contributed by atoms with Crippen LogP contribution >= 0.6 is 0 Å². The molecule has 0 amide bonds. The lowest BCUT2D eigenvalue weighted by molar-refractivity contribution is 0.872. The third-order valence-corrected chi connectivity index (χ3v) is 2.69. The zero-order chi connectivity index (χ0) is 13.7. The summed E-state index contributed by atoms with van der Waals surface area (Å²) in [5, 5.41) is 9.07. The molecule has 96 valence electrons. The SMILES string of the molecule is CN(Cc1cnc(NN)cn1)c1ccccc1C#N. The highest BCUT2D eigenvalue weighted by Gasteiger charge is 2.08. The minimum Gasteiger partial charge on any atom is -0.368 e. The topological polar surface area (TPSA) is 90.9 Å². The third kappa shape index (κ3) is 2.97. The van der Waals surface area contributed by atoms with Crippen molar-refractivity contribution in [2.24, 2.45) is 5.84 Å². The van der Waals surface area contributed by atoms with Gasteiger partial charge in [-0.2, -0.15) is 5.26 Å². The summed E-state index contributed by atoms with van der Waals surface area (Å²) >= 11 is 0. The van der Waals surface area contributed by atoms with Crippen molar-refractivity contribution >= 4 is 11.5 Å². The Balaban J connectivity index is 2.16. The molecule has 6 heteroatoms. The number of para-hydroxylation sites is 1. The summed E-state index contributed by atoms with van der Waals surface area (Å²) < 4.78 is 0. The van der Waals surface area contributed by atoms with Crippen LogP contribution in [-0.2, 0) is 6.54 Å². The van der Waals surface area contributed by atoms with E-state index in [4.69, 9.17) is 11.1 Å². The zero-order valence-corrected chi connectivity index (χ0v) is 10.5. The van der Waals surface area contributed by atoms with E-state index in [0.717, 1.165) is 11.4 Å². The Bertz CT molecular complexity index is 587. The Labute approximate surface area is 111 Å². The fourth-order valence-corrected chi connectivity index (χ4v) is 1.74. The molecule has 0 radical (unpaired) electrons. The van der Waals surface area contributed by atoms with E-state index >= 15 is 0 Å². The molecule has 1 aromatic carbocycles. The molecule has 3 N–H and O–H groups in total. The van der Waals surface area contributed by atoms with Gasteiger partial charge in [-0.3, -0.25) is 4.98 Å². The first-order chi connectivity index (χ1) is 9.24. The number of benzene rings is 1. The molecule has 0 saturated heterocycles. The van der Waals surface area contributed by atoms with Crippen LogP contribution in [0, 0.1) is 11.3 Å². The van der Waals surface area contributed by atoms with Gasteiger partial charge in [-0.15, -0.1) is 0 Å². The quantitative estimate of drug-likeness (QED) is 0.630. The van der Waals surface area contributed by atoms with Crippen molar-refractivity contribution in [2.75, 3.05) is 17.4 Å². The maximum absolute atomic E-state index is 9.07. The maximum atomic E-state index is 9.07. The van der Waals surface area contributed by atoms with Gasteiger partial charge < -0.3 is 10.3 Å². The molecule has 0 aliphatic carbocycles. The maximum Gasteiger partial charge on any atom is 0.158 e. The standard InChI is InChI=1S/C13H14N6/c1-19(12-5-3-2-4-10(12)6-14)9-11-7-17-13(18-15)8-16-11/h2-5,7-8H,9,15H2,1H3,(H,17,18). The summed E-state index contributed by atoms with van der Waals surface area (Å²) in [6.07, 6.45) is 3.22. The first-order valence-electron chi connectivity index (χ1n) is 5.72. The number of nitrogens with two attached hydrogens (primary N) is 1. The fraction of sp³-hybridized carbons (Fsp3) is 0.154. The van der Waals surface area contributed by atoms with Gasteiger partial charge in [0.25, 0.3) is 0 Å². The number of hydrazine groups is 1. The fourth-order valence-electron chi connectivity index (χ4n) is 1.74. The van der Waals surface area contributed by atoms with Crippen molar-refractivity contribution in [1.29, 1.82) is 5.26 Å². The van der Waals surface area contributed by atoms with Crippen LogP contribution in [0.25, 0.3) is 0 Å². The molecule has 0 aliphatic rings. The van der Waals surface area contributed by atoms with E-state index in [1.54, 1.807) is 18.5 Å². The average Bonchev–Trinajstić information content (AvgIpc) is 2.48. The molecule has 0 fully saturated rings. The van der Waals surface area contributed by atoms with Gasteiger partial charge in [-0.1, -0.05) is 12.1 Å². The van der Waals surface area contributed by atoms with Gasteiger partial charge >= 0.3 is 0 Å². The van der Waals surface area contributed by atoms with Gasteiger partial charge in [-0.25, -0.2) is 10.8 Å². The molecule has 1 heterocycles. The van der Waals surface area contributed by atoms with Crippen molar-refractivity contribution < 1.29 is 0 Å². The highest BCUT2D eigenvalue weighted by atomic mass is 15.3. The van der Waals surface area contributed by atoms with Crippen LogP contribution in [0.5, 0.6) is 0 Å². The van der Waals surface area contributed by atoms with E-state index in [9.17, 15) is 0 Å². The first-order valence-corrected chi connectivity index (χ1v) is 5.72. The monoisotopic (exact) mass is 254 g/mol. The summed E-state index contributed by atoms with van der Waals surface area (Å²) in [4.78, 5) is 10.3. The number of nitriles is 1. The van der Waals surface area contributed by atoms with Crippen molar-refractivity contribution in [3.05, 3.63) is 47.9 Å². The number of aromatic nitrogens is 2. The Morgan fingerprint density at radius 1 is 1.32 bits per heavy atom. The van der Waals surface area contributed by atoms with Crippen molar-refractivity contribution in [3.8, 4) is 6.07 Å². The molecule has 19 heavy (non-hydrogen) atoms. The lowest BCUT2D eigenvalue weighted by Crippen LogP contribution is -2.19. The second-order valence-corrected chi connectivity index (χ2v) is 4.02. The first kappa shape index (κ1) is 12.8. The summed E-state index contributed by atoms with van der Waals surface area (Å²) in [6, 6.07) is 9.62. The minimum absolute atomic E-state index is 0.517. The van der Waals surface area contributed by atoms with Crippen molar-refractivity contribution in [1.82, 2.24) is 9.97 Å². The molecule has 0 saturated carbocycles. The van der Waals surface area contributed by atoms with Crippen molar-refractivity contribution in [3.63, 3.8) is 0 Å². The smallest absolute Gasteiger partial charge is 0.158 e. The van der Waals surface area contributed by atoms with Crippen LogP contribution in [0.1, 0.15) is 11.3 Å². The Morgan fingerprint density at radius 3 is 2.74 bits per heavy atom. The summed E-state index contributed by atoms with van der Waals surface area (Å²) in [5.74, 6) is 5.75. The van der Waals surface area contributed by atoms with E-state index in [1.165, 1.54) is 0 Å². The molecular formula is C13H14N6. The summed E-state index contributed by atoms with van der Waals surface area (Å²) in [5.41, 5.74) is 4.73. The number of hydrogen-bond donors (Lipinski definition) is 2. The van der Waals surface area contributed by atoms with Crippen LogP contribution in [0.3, 0.4) is 0 Å². The molecule has 0 atom stereocenters. The van der Waals surface area contributed by atoms with Gasteiger partial charge in [0, 0.05) is 7.05 Å². The van der Waals surface area contributed by atoms with Gasteiger partial charge in [0.1, 0.15) is 6.07 Å². The van der Waals surface area contributed by atoms with Gasteiger partial charge in [0.2, 0.25) is 0 Å². The molecule has 0 aliphatic heterocycles. The Morgan fingerprint density at radius 2 is 2.11 bits per heavy atom. The average molecular weight is 254 g/mol. The minimum atomic E-state index is 0.517.